The van der Waals surface area contributed by atoms with Crippen molar-refractivity contribution >= 4 is 11.8 Å². The Bertz CT molecular complexity index is 973. The van der Waals surface area contributed by atoms with Gasteiger partial charge in [0.15, 0.2) is 0 Å². The van der Waals surface area contributed by atoms with E-state index in [0.29, 0.717) is 30.5 Å². The lowest BCUT2D eigenvalue weighted by Gasteiger charge is -2.28. The van der Waals surface area contributed by atoms with E-state index in [9.17, 15) is 18.4 Å². The van der Waals surface area contributed by atoms with Crippen LogP contribution in [0.2, 0.25) is 0 Å². The van der Waals surface area contributed by atoms with Crippen LogP contribution in [0.5, 0.6) is 0 Å². The number of aryl methyl sites for hydroxylation is 1. The second-order valence-corrected chi connectivity index (χ2v) is 9.94. The van der Waals surface area contributed by atoms with Gasteiger partial charge in [0.2, 0.25) is 11.8 Å². The number of amides is 2. The van der Waals surface area contributed by atoms with Crippen LogP contribution < -0.4 is 5.32 Å². The Morgan fingerprint density at radius 3 is 2.18 bits per heavy atom. The smallest absolute Gasteiger partial charge is 0.243 e. The van der Waals surface area contributed by atoms with Crippen LogP contribution in [0.4, 0.5) is 8.78 Å². The van der Waals surface area contributed by atoms with Crippen molar-refractivity contribution in [2.24, 2.45) is 5.41 Å². The Hall–Kier alpha value is -2.76. The molecule has 1 aliphatic rings. The topological polar surface area (TPSA) is 49.4 Å². The zero-order chi connectivity index (χ0) is 25.6. The number of likely N-dealkylation sites (tertiary alicyclic amines) is 1. The molecule has 2 amide bonds. The maximum Gasteiger partial charge on any atom is 0.243 e. The van der Waals surface area contributed by atoms with Crippen molar-refractivity contribution in [1.29, 1.82) is 0 Å². The maximum atomic E-state index is 14.3. The van der Waals surface area contributed by atoms with Crippen molar-refractivity contribution in [2.45, 2.75) is 79.8 Å². The highest BCUT2D eigenvalue weighted by Crippen LogP contribution is 2.29. The second kappa shape index (κ2) is 11.6. The molecule has 1 N–H and O–H groups in total. The third kappa shape index (κ3) is 6.87. The standard InChI is InChI=1S/C26H32F2N2O2.C2H6/c1-16-13-20(27)24(21(28)14-16)19-10-8-18(9-11-19)17(2)29-25(32)22-7-6-12-30(22)23(31)15-26(3,4)5;1-2/h8-11,13-14,17,22H,6-7,12,15H2,1-5H3,(H,29,32);1-2H3. The molecule has 4 nitrogen and oxygen atoms in total. The van der Waals surface area contributed by atoms with E-state index < -0.39 is 17.7 Å². The molecule has 0 bridgehead atoms. The fraction of sp³-hybridized carbons (Fsp3) is 0.500. The fourth-order valence-corrected chi connectivity index (χ4v) is 4.20. The van der Waals surface area contributed by atoms with Gasteiger partial charge in [-0.3, -0.25) is 9.59 Å². The molecule has 2 unspecified atom stereocenters. The molecule has 0 aromatic heterocycles. The highest BCUT2D eigenvalue weighted by molar-refractivity contribution is 5.88. The third-order valence-electron chi connectivity index (χ3n) is 5.80. The monoisotopic (exact) mass is 472 g/mol. The van der Waals surface area contributed by atoms with Gasteiger partial charge >= 0.3 is 0 Å². The molecular weight excluding hydrogens is 434 g/mol. The fourth-order valence-electron chi connectivity index (χ4n) is 4.20. The van der Waals surface area contributed by atoms with E-state index in [-0.39, 0.29) is 28.8 Å². The van der Waals surface area contributed by atoms with Crippen LogP contribution in [0.25, 0.3) is 11.1 Å². The van der Waals surface area contributed by atoms with Crippen LogP contribution >= 0.6 is 0 Å². The summed E-state index contributed by atoms with van der Waals surface area (Å²) < 4.78 is 28.6. The first-order chi connectivity index (χ1) is 16.0. The molecule has 0 radical (unpaired) electrons. The summed E-state index contributed by atoms with van der Waals surface area (Å²) in [7, 11) is 0. The largest absolute Gasteiger partial charge is 0.348 e. The van der Waals surface area contributed by atoms with Crippen molar-refractivity contribution in [2.75, 3.05) is 6.54 Å². The van der Waals surface area contributed by atoms with E-state index in [0.717, 1.165) is 12.0 Å². The van der Waals surface area contributed by atoms with Crippen LogP contribution in [-0.2, 0) is 9.59 Å². The van der Waals surface area contributed by atoms with Crippen molar-refractivity contribution in [3.05, 3.63) is 59.2 Å². The lowest BCUT2D eigenvalue weighted by Crippen LogP contribution is -2.47. The van der Waals surface area contributed by atoms with Gasteiger partial charge in [0.05, 0.1) is 11.6 Å². The minimum atomic E-state index is -0.599. The summed E-state index contributed by atoms with van der Waals surface area (Å²) >= 11 is 0. The third-order valence-corrected chi connectivity index (χ3v) is 5.80. The summed E-state index contributed by atoms with van der Waals surface area (Å²) in [5.41, 5.74) is 1.60. The molecule has 1 heterocycles. The normalized spacial score (nSPS) is 16.5. The van der Waals surface area contributed by atoms with Gasteiger partial charge in [-0.15, -0.1) is 0 Å². The van der Waals surface area contributed by atoms with Gasteiger partial charge < -0.3 is 10.2 Å². The number of carbonyl (C=O) groups is 2. The average molecular weight is 473 g/mol. The highest BCUT2D eigenvalue weighted by Gasteiger charge is 2.35. The van der Waals surface area contributed by atoms with Gasteiger partial charge in [-0.1, -0.05) is 58.9 Å². The van der Waals surface area contributed by atoms with E-state index in [1.54, 1.807) is 36.1 Å². The summed E-state index contributed by atoms with van der Waals surface area (Å²) in [6.45, 7) is 14.1. The highest BCUT2D eigenvalue weighted by atomic mass is 19.1. The first kappa shape index (κ1) is 27.5. The van der Waals surface area contributed by atoms with Crippen molar-refractivity contribution in [3.63, 3.8) is 0 Å². The summed E-state index contributed by atoms with van der Waals surface area (Å²) in [5, 5.41) is 2.99. The number of nitrogens with one attached hydrogen (secondary N) is 1. The number of rotatable bonds is 5. The number of hydrogen-bond donors (Lipinski definition) is 1. The lowest BCUT2D eigenvalue weighted by atomic mass is 9.91. The van der Waals surface area contributed by atoms with Crippen LogP contribution in [0.1, 0.15) is 78.0 Å². The van der Waals surface area contributed by atoms with Crippen LogP contribution in [0, 0.1) is 24.0 Å². The molecule has 2 atom stereocenters. The molecule has 3 rings (SSSR count). The predicted octanol–water partition coefficient (Wildman–Crippen LogP) is 6.57. The Balaban J connectivity index is 0.00000199. The van der Waals surface area contributed by atoms with Crippen LogP contribution in [-0.4, -0.2) is 29.3 Å². The first-order valence-corrected chi connectivity index (χ1v) is 12.1. The Labute approximate surface area is 202 Å². The van der Waals surface area contributed by atoms with Crippen molar-refractivity contribution < 1.29 is 18.4 Å². The quantitative estimate of drug-likeness (QED) is 0.535. The van der Waals surface area contributed by atoms with Crippen LogP contribution in [0.15, 0.2) is 36.4 Å². The SMILES string of the molecule is CC.Cc1cc(F)c(-c2ccc(C(C)NC(=O)C3CCCN3C(=O)CC(C)(C)C)cc2)c(F)c1. The predicted molar refractivity (Wildman–Crippen MR) is 133 cm³/mol. The van der Waals surface area contributed by atoms with Gasteiger partial charge in [0.1, 0.15) is 17.7 Å². The van der Waals surface area contributed by atoms with Crippen molar-refractivity contribution in [1.82, 2.24) is 10.2 Å². The molecule has 2 aromatic rings. The van der Waals surface area contributed by atoms with E-state index in [1.165, 1.54) is 12.1 Å². The summed E-state index contributed by atoms with van der Waals surface area (Å²) in [6.07, 6.45) is 1.87. The van der Waals surface area contributed by atoms with E-state index in [4.69, 9.17) is 0 Å². The van der Waals surface area contributed by atoms with E-state index in [2.05, 4.69) is 5.32 Å². The summed E-state index contributed by atoms with van der Waals surface area (Å²) in [5.74, 6) is -1.36. The number of hydrogen-bond acceptors (Lipinski definition) is 2. The van der Waals surface area contributed by atoms with Gasteiger partial charge in [-0.25, -0.2) is 8.78 Å². The number of carbonyl (C=O) groups excluding carboxylic acids is 2. The molecule has 0 saturated carbocycles. The molecule has 6 heteroatoms. The zero-order valence-electron chi connectivity index (χ0n) is 21.5. The van der Waals surface area contributed by atoms with Gasteiger partial charge in [-0.05, 0) is 60.9 Å². The van der Waals surface area contributed by atoms with Gasteiger partial charge in [0.25, 0.3) is 0 Å². The Morgan fingerprint density at radius 1 is 1.09 bits per heavy atom. The minimum Gasteiger partial charge on any atom is -0.348 e. The molecule has 0 spiro atoms. The lowest BCUT2D eigenvalue weighted by molar-refractivity contribution is -0.140. The molecular formula is C28H38F2N2O2. The minimum absolute atomic E-state index is 0.00862. The van der Waals surface area contributed by atoms with Crippen LogP contribution in [0.3, 0.4) is 0 Å². The Morgan fingerprint density at radius 2 is 1.65 bits per heavy atom. The van der Waals surface area contributed by atoms with Gasteiger partial charge in [-0.2, -0.15) is 0 Å². The molecule has 0 aliphatic carbocycles. The summed E-state index contributed by atoms with van der Waals surface area (Å²) in [4.78, 5) is 27.3. The van der Waals surface area contributed by atoms with Gasteiger partial charge in [0, 0.05) is 13.0 Å². The summed E-state index contributed by atoms with van der Waals surface area (Å²) in [6, 6.07) is 8.69. The Kier molecular flexibility index (Phi) is 9.37. The second-order valence-electron chi connectivity index (χ2n) is 9.94. The molecule has 34 heavy (non-hydrogen) atoms. The average Bonchev–Trinajstić information content (AvgIpc) is 3.24. The zero-order valence-corrected chi connectivity index (χ0v) is 21.5. The molecule has 1 saturated heterocycles. The van der Waals surface area contributed by atoms with E-state index >= 15 is 0 Å². The number of nitrogens with zero attached hydrogens (tertiary/aromatic N) is 1. The number of halogens is 2. The molecule has 1 aliphatic heterocycles. The molecule has 1 fully saturated rings. The molecule has 186 valence electrons. The first-order valence-electron chi connectivity index (χ1n) is 12.1. The maximum absolute atomic E-state index is 14.3. The number of benzene rings is 2. The molecule has 2 aromatic carbocycles. The van der Waals surface area contributed by atoms with Crippen molar-refractivity contribution in [3.8, 4) is 11.1 Å². The van der Waals surface area contributed by atoms with E-state index in [1.807, 2.05) is 41.5 Å².